The summed E-state index contributed by atoms with van der Waals surface area (Å²) in [6, 6.07) is 0.406. The summed E-state index contributed by atoms with van der Waals surface area (Å²) in [6.07, 6.45) is 6.71. The minimum absolute atomic E-state index is 0.00220. The van der Waals surface area contributed by atoms with Crippen LogP contribution in [-0.4, -0.2) is 45.5 Å². The van der Waals surface area contributed by atoms with Crippen molar-refractivity contribution in [1.82, 2.24) is 20.4 Å². The molecule has 23 heavy (non-hydrogen) atoms. The number of hydrogen-bond acceptors (Lipinski definition) is 5. The zero-order chi connectivity index (χ0) is 15.8. The van der Waals surface area contributed by atoms with E-state index in [0.29, 0.717) is 50.1 Å². The predicted molar refractivity (Wildman–Crippen MR) is 80.5 cm³/mol. The largest absolute Gasteiger partial charge is 0.351 e. The molecule has 0 radical (unpaired) electrons. The maximum atomic E-state index is 12.0. The SMILES string of the molecule is O=C(CCCc1nc(C2CC2)no1)N[C@@H]1CC(=O)N(C2CC2)C1. The van der Waals surface area contributed by atoms with Gasteiger partial charge < -0.3 is 14.7 Å². The van der Waals surface area contributed by atoms with Gasteiger partial charge in [0.05, 0.1) is 6.04 Å². The summed E-state index contributed by atoms with van der Waals surface area (Å²) in [5.41, 5.74) is 0. The van der Waals surface area contributed by atoms with Crippen molar-refractivity contribution in [2.45, 2.75) is 69.4 Å². The molecule has 0 aromatic carbocycles. The zero-order valence-electron chi connectivity index (χ0n) is 13.2. The average molecular weight is 318 g/mol. The van der Waals surface area contributed by atoms with Crippen LogP contribution in [0.5, 0.6) is 0 Å². The molecule has 0 spiro atoms. The van der Waals surface area contributed by atoms with E-state index in [1.807, 2.05) is 4.90 Å². The average Bonchev–Trinajstić information content (AvgIpc) is 3.44. The first-order chi connectivity index (χ1) is 11.2. The molecule has 2 heterocycles. The Morgan fingerprint density at radius 1 is 1.30 bits per heavy atom. The summed E-state index contributed by atoms with van der Waals surface area (Å²) in [5.74, 6) is 2.11. The fourth-order valence-electron chi connectivity index (χ4n) is 3.14. The summed E-state index contributed by atoms with van der Waals surface area (Å²) < 4.78 is 5.20. The van der Waals surface area contributed by atoms with Gasteiger partial charge in [0, 0.05) is 37.8 Å². The number of nitrogens with one attached hydrogen (secondary N) is 1. The quantitative estimate of drug-likeness (QED) is 0.814. The maximum absolute atomic E-state index is 12.0. The molecule has 1 aromatic heterocycles. The van der Waals surface area contributed by atoms with Gasteiger partial charge in [0.25, 0.3) is 0 Å². The first kappa shape index (κ1) is 14.7. The topological polar surface area (TPSA) is 88.3 Å². The Balaban J connectivity index is 1.17. The Labute approximate surface area is 134 Å². The van der Waals surface area contributed by atoms with Gasteiger partial charge in [0.15, 0.2) is 5.82 Å². The van der Waals surface area contributed by atoms with Crippen molar-refractivity contribution in [2.75, 3.05) is 6.54 Å². The fraction of sp³-hybridized carbons (Fsp3) is 0.750. The molecule has 1 aromatic rings. The second-order valence-corrected chi connectivity index (χ2v) is 6.92. The van der Waals surface area contributed by atoms with Crippen molar-refractivity contribution in [3.8, 4) is 0 Å². The lowest BCUT2D eigenvalue weighted by Gasteiger charge is -2.16. The van der Waals surface area contributed by atoms with Crippen molar-refractivity contribution in [1.29, 1.82) is 0 Å². The third-order valence-corrected chi connectivity index (χ3v) is 4.73. The minimum Gasteiger partial charge on any atom is -0.351 e. The molecule has 3 fully saturated rings. The van der Waals surface area contributed by atoms with Crippen LogP contribution in [0.3, 0.4) is 0 Å². The number of carbonyl (C=O) groups is 2. The number of amides is 2. The molecule has 3 aliphatic rings. The molecule has 124 valence electrons. The van der Waals surface area contributed by atoms with E-state index in [1.54, 1.807) is 0 Å². The standard InChI is InChI=1S/C16H22N4O3/c21-13(17-11-8-15(22)20(9-11)12-6-7-12)2-1-3-14-18-16(19-23-14)10-4-5-10/h10-12H,1-9H2,(H,17,21)/t11-/m1/s1. The van der Waals surface area contributed by atoms with Crippen molar-refractivity contribution in [3.63, 3.8) is 0 Å². The van der Waals surface area contributed by atoms with E-state index in [-0.39, 0.29) is 17.9 Å². The smallest absolute Gasteiger partial charge is 0.226 e. The van der Waals surface area contributed by atoms with Crippen LogP contribution in [0.2, 0.25) is 0 Å². The Hall–Kier alpha value is -1.92. The predicted octanol–water partition coefficient (Wildman–Crippen LogP) is 1.15. The highest BCUT2D eigenvalue weighted by Crippen LogP contribution is 2.38. The van der Waals surface area contributed by atoms with Crippen LogP contribution in [-0.2, 0) is 16.0 Å². The Morgan fingerprint density at radius 3 is 2.87 bits per heavy atom. The molecule has 7 heteroatoms. The first-order valence-corrected chi connectivity index (χ1v) is 8.60. The third kappa shape index (κ3) is 3.54. The van der Waals surface area contributed by atoms with Crippen molar-refractivity contribution in [3.05, 3.63) is 11.7 Å². The molecule has 1 aliphatic heterocycles. The second kappa shape index (κ2) is 5.94. The number of aryl methyl sites for hydroxylation is 1. The Morgan fingerprint density at radius 2 is 2.13 bits per heavy atom. The number of nitrogens with zero attached hydrogens (tertiary/aromatic N) is 3. The molecular formula is C16H22N4O3. The normalized spacial score (nSPS) is 24.3. The fourth-order valence-corrected chi connectivity index (χ4v) is 3.14. The van der Waals surface area contributed by atoms with E-state index < -0.39 is 0 Å². The van der Waals surface area contributed by atoms with Gasteiger partial charge in [-0.15, -0.1) is 0 Å². The summed E-state index contributed by atoms with van der Waals surface area (Å²) >= 11 is 0. The van der Waals surface area contributed by atoms with Gasteiger partial charge in [-0.05, 0) is 32.1 Å². The summed E-state index contributed by atoms with van der Waals surface area (Å²) in [6.45, 7) is 0.670. The Bertz CT molecular complexity index is 606. The summed E-state index contributed by atoms with van der Waals surface area (Å²) in [5, 5.41) is 6.94. The lowest BCUT2D eigenvalue weighted by Crippen LogP contribution is -2.37. The van der Waals surface area contributed by atoms with Gasteiger partial charge in [-0.1, -0.05) is 5.16 Å². The van der Waals surface area contributed by atoms with Crippen LogP contribution in [0.25, 0.3) is 0 Å². The number of likely N-dealkylation sites (tertiary alicyclic amines) is 1. The van der Waals surface area contributed by atoms with E-state index in [9.17, 15) is 9.59 Å². The molecule has 0 bridgehead atoms. The first-order valence-electron chi connectivity index (χ1n) is 8.60. The number of carbonyl (C=O) groups excluding carboxylic acids is 2. The van der Waals surface area contributed by atoms with Gasteiger partial charge in [-0.2, -0.15) is 4.98 Å². The molecule has 2 saturated carbocycles. The lowest BCUT2D eigenvalue weighted by atomic mass is 10.2. The highest BCUT2D eigenvalue weighted by Gasteiger charge is 2.39. The van der Waals surface area contributed by atoms with E-state index in [2.05, 4.69) is 15.5 Å². The molecule has 1 saturated heterocycles. The second-order valence-electron chi connectivity index (χ2n) is 6.92. The van der Waals surface area contributed by atoms with E-state index in [0.717, 1.165) is 31.5 Å². The molecule has 1 atom stereocenters. The van der Waals surface area contributed by atoms with Gasteiger partial charge in [0.2, 0.25) is 17.7 Å². The van der Waals surface area contributed by atoms with Gasteiger partial charge in [-0.3, -0.25) is 9.59 Å². The van der Waals surface area contributed by atoms with Crippen molar-refractivity contribution < 1.29 is 14.1 Å². The molecule has 2 amide bonds. The molecule has 7 nitrogen and oxygen atoms in total. The Kier molecular flexibility index (Phi) is 3.79. The number of rotatable bonds is 7. The lowest BCUT2D eigenvalue weighted by molar-refractivity contribution is -0.128. The van der Waals surface area contributed by atoms with Crippen LogP contribution in [0.1, 0.15) is 62.6 Å². The monoisotopic (exact) mass is 318 g/mol. The zero-order valence-corrected chi connectivity index (χ0v) is 13.2. The highest BCUT2D eigenvalue weighted by atomic mass is 16.5. The summed E-state index contributed by atoms with van der Waals surface area (Å²) in [7, 11) is 0. The van der Waals surface area contributed by atoms with Crippen LogP contribution in [0, 0.1) is 0 Å². The number of hydrogen-bond donors (Lipinski definition) is 1. The third-order valence-electron chi connectivity index (χ3n) is 4.73. The van der Waals surface area contributed by atoms with Gasteiger partial charge in [0.1, 0.15) is 0 Å². The van der Waals surface area contributed by atoms with Gasteiger partial charge in [-0.25, -0.2) is 0 Å². The van der Waals surface area contributed by atoms with E-state index in [1.165, 1.54) is 0 Å². The number of aromatic nitrogens is 2. The highest BCUT2D eigenvalue weighted by molar-refractivity contribution is 5.82. The van der Waals surface area contributed by atoms with Crippen LogP contribution in [0.15, 0.2) is 4.52 Å². The van der Waals surface area contributed by atoms with Gasteiger partial charge >= 0.3 is 0 Å². The minimum atomic E-state index is -0.0273. The van der Waals surface area contributed by atoms with E-state index >= 15 is 0 Å². The van der Waals surface area contributed by atoms with Crippen molar-refractivity contribution >= 4 is 11.8 Å². The molecular weight excluding hydrogens is 296 g/mol. The van der Waals surface area contributed by atoms with Crippen LogP contribution >= 0.6 is 0 Å². The summed E-state index contributed by atoms with van der Waals surface area (Å²) in [4.78, 5) is 30.1. The van der Waals surface area contributed by atoms with Crippen molar-refractivity contribution in [2.24, 2.45) is 0 Å². The molecule has 2 aliphatic carbocycles. The van der Waals surface area contributed by atoms with E-state index in [4.69, 9.17) is 4.52 Å². The maximum Gasteiger partial charge on any atom is 0.226 e. The molecule has 0 unspecified atom stereocenters. The molecule has 1 N–H and O–H groups in total. The van der Waals surface area contributed by atoms with Crippen LogP contribution < -0.4 is 5.32 Å². The molecule has 4 rings (SSSR count). The van der Waals surface area contributed by atoms with Crippen LogP contribution in [0.4, 0.5) is 0 Å².